The van der Waals surface area contributed by atoms with Crippen LogP contribution in [0.5, 0.6) is 0 Å². The van der Waals surface area contributed by atoms with E-state index in [1.807, 2.05) is 12.3 Å². The maximum Gasteiger partial charge on any atom is 0.292 e. The van der Waals surface area contributed by atoms with Gasteiger partial charge in [0.1, 0.15) is 5.69 Å². The number of benzene rings is 1. The van der Waals surface area contributed by atoms with Crippen molar-refractivity contribution in [2.24, 2.45) is 0 Å². The molecule has 0 aliphatic carbocycles. The number of rotatable bonds is 4. The molecule has 1 N–H and O–H groups in total. The van der Waals surface area contributed by atoms with Gasteiger partial charge in [-0.2, -0.15) is 0 Å². The molecule has 0 fully saturated rings. The van der Waals surface area contributed by atoms with Gasteiger partial charge in [0.2, 0.25) is 0 Å². The van der Waals surface area contributed by atoms with Crippen LogP contribution in [0.3, 0.4) is 0 Å². The molecule has 0 atom stereocenters. The first-order valence-corrected chi connectivity index (χ1v) is 5.97. The van der Waals surface area contributed by atoms with Crippen molar-refractivity contribution >= 4 is 22.7 Å². The van der Waals surface area contributed by atoms with E-state index >= 15 is 0 Å². The highest BCUT2D eigenvalue weighted by Gasteiger charge is 2.13. The number of hydrogen-bond donors (Lipinski definition) is 1. The lowest BCUT2D eigenvalue weighted by Gasteiger charge is -2.06. The van der Waals surface area contributed by atoms with E-state index in [4.69, 9.17) is 0 Å². The SMILES string of the molecule is Cc1ccc([N+](=O)[O-])c(NCc2cscn2)c1. The lowest BCUT2D eigenvalue weighted by atomic mass is 10.2. The molecule has 0 bridgehead atoms. The smallest absolute Gasteiger partial charge is 0.292 e. The molecule has 0 saturated heterocycles. The highest BCUT2D eigenvalue weighted by Crippen LogP contribution is 2.25. The van der Waals surface area contributed by atoms with E-state index in [-0.39, 0.29) is 10.6 Å². The summed E-state index contributed by atoms with van der Waals surface area (Å²) in [5, 5.41) is 15.8. The van der Waals surface area contributed by atoms with Crippen LogP contribution >= 0.6 is 11.3 Å². The van der Waals surface area contributed by atoms with E-state index in [1.54, 1.807) is 17.6 Å². The Morgan fingerprint density at radius 2 is 2.35 bits per heavy atom. The maximum atomic E-state index is 10.8. The number of anilines is 1. The van der Waals surface area contributed by atoms with Gasteiger partial charge in [0, 0.05) is 11.4 Å². The minimum absolute atomic E-state index is 0.0887. The predicted molar refractivity (Wildman–Crippen MR) is 67.3 cm³/mol. The molecule has 0 aliphatic heterocycles. The fourth-order valence-electron chi connectivity index (χ4n) is 1.46. The Bertz CT molecular complexity index is 526. The van der Waals surface area contributed by atoms with Crippen molar-refractivity contribution in [3.05, 3.63) is 50.5 Å². The third-order valence-electron chi connectivity index (χ3n) is 2.29. The number of aromatic nitrogens is 1. The van der Waals surface area contributed by atoms with Crippen molar-refractivity contribution < 1.29 is 4.92 Å². The molecule has 88 valence electrons. The van der Waals surface area contributed by atoms with Crippen LogP contribution in [0.25, 0.3) is 0 Å². The molecule has 1 aromatic carbocycles. The zero-order valence-electron chi connectivity index (χ0n) is 9.21. The van der Waals surface area contributed by atoms with Crippen molar-refractivity contribution in [1.82, 2.24) is 4.98 Å². The quantitative estimate of drug-likeness (QED) is 0.668. The summed E-state index contributed by atoms with van der Waals surface area (Å²) in [4.78, 5) is 14.6. The standard InChI is InChI=1S/C11H11N3O2S/c1-8-2-3-11(14(15)16)10(4-8)12-5-9-6-17-7-13-9/h2-4,6-7,12H,5H2,1H3. The van der Waals surface area contributed by atoms with Gasteiger partial charge in [-0.05, 0) is 18.6 Å². The minimum Gasteiger partial charge on any atom is -0.374 e. The summed E-state index contributed by atoms with van der Waals surface area (Å²) in [6, 6.07) is 5.01. The number of nitrogens with zero attached hydrogens (tertiary/aromatic N) is 2. The topological polar surface area (TPSA) is 68.1 Å². The number of thiazole rings is 1. The summed E-state index contributed by atoms with van der Waals surface area (Å²) in [5.74, 6) is 0. The van der Waals surface area contributed by atoms with Crippen molar-refractivity contribution in [3.63, 3.8) is 0 Å². The van der Waals surface area contributed by atoms with Gasteiger partial charge in [0.05, 0.1) is 22.7 Å². The summed E-state index contributed by atoms with van der Waals surface area (Å²) in [7, 11) is 0. The molecule has 2 aromatic rings. The van der Waals surface area contributed by atoms with E-state index in [0.29, 0.717) is 12.2 Å². The van der Waals surface area contributed by atoms with E-state index in [9.17, 15) is 10.1 Å². The first-order chi connectivity index (χ1) is 8.16. The predicted octanol–water partition coefficient (Wildman–Crippen LogP) is 2.97. The first kappa shape index (κ1) is 11.5. The minimum atomic E-state index is -0.386. The monoisotopic (exact) mass is 249 g/mol. The largest absolute Gasteiger partial charge is 0.374 e. The number of nitrogens with one attached hydrogen (secondary N) is 1. The molecule has 2 rings (SSSR count). The zero-order valence-corrected chi connectivity index (χ0v) is 10.0. The van der Waals surface area contributed by atoms with Crippen molar-refractivity contribution in [2.75, 3.05) is 5.32 Å². The molecule has 0 saturated carbocycles. The normalized spacial score (nSPS) is 10.2. The van der Waals surface area contributed by atoms with Crippen molar-refractivity contribution in [2.45, 2.75) is 13.5 Å². The van der Waals surface area contributed by atoms with Crippen LogP contribution in [0.15, 0.2) is 29.1 Å². The number of hydrogen-bond acceptors (Lipinski definition) is 5. The highest BCUT2D eigenvalue weighted by molar-refractivity contribution is 7.07. The molecular formula is C11H11N3O2S. The van der Waals surface area contributed by atoms with E-state index in [1.165, 1.54) is 17.4 Å². The van der Waals surface area contributed by atoms with Crippen LogP contribution < -0.4 is 5.32 Å². The Morgan fingerprint density at radius 1 is 1.53 bits per heavy atom. The summed E-state index contributed by atoms with van der Waals surface area (Å²) in [6.07, 6.45) is 0. The Kier molecular flexibility index (Phi) is 3.34. The summed E-state index contributed by atoms with van der Waals surface area (Å²) in [5.41, 5.74) is 4.22. The van der Waals surface area contributed by atoms with Crippen molar-refractivity contribution in [1.29, 1.82) is 0 Å². The van der Waals surface area contributed by atoms with Gasteiger partial charge in [0.25, 0.3) is 5.69 Å². The zero-order chi connectivity index (χ0) is 12.3. The van der Waals surface area contributed by atoms with Gasteiger partial charge in [-0.1, -0.05) is 6.07 Å². The Balaban J connectivity index is 2.19. The van der Waals surface area contributed by atoms with Gasteiger partial charge in [-0.15, -0.1) is 11.3 Å². The van der Waals surface area contributed by atoms with E-state index in [2.05, 4.69) is 10.3 Å². The molecule has 5 nitrogen and oxygen atoms in total. The van der Waals surface area contributed by atoms with Crippen LogP contribution in [0, 0.1) is 17.0 Å². The molecule has 0 aliphatic rings. The molecule has 0 spiro atoms. The van der Waals surface area contributed by atoms with E-state index < -0.39 is 0 Å². The van der Waals surface area contributed by atoms with Gasteiger partial charge in [0.15, 0.2) is 0 Å². The number of nitro groups is 1. The third-order valence-corrected chi connectivity index (χ3v) is 2.93. The second-order valence-corrected chi connectivity index (χ2v) is 4.33. The third kappa shape index (κ3) is 2.79. The second-order valence-electron chi connectivity index (χ2n) is 3.61. The fraction of sp³-hybridized carbons (Fsp3) is 0.182. The molecule has 17 heavy (non-hydrogen) atoms. The molecule has 0 amide bonds. The average Bonchev–Trinajstić information content (AvgIpc) is 2.78. The summed E-state index contributed by atoms with van der Waals surface area (Å²) >= 11 is 1.50. The van der Waals surface area contributed by atoms with Crippen LogP contribution in [0.1, 0.15) is 11.3 Å². The van der Waals surface area contributed by atoms with Crippen LogP contribution in [-0.2, 0) is 6.54 Å². The highest BCUT2D eigenvalue weighted by atomic mass is 32.1. The molecule has 6 heteroatoms. The molecule has 0 radical (unpaired) electrons. The Morgan fingerprint density at radius 3 is 3.00 bits per heavy atom. The van der Waals surface area contributed by atoms with Crippen LogP contribution in [0.4, 0.5) is 11.4 Å². The average molecular weight is 249 g/mol. The summed E-state index contributed by atoms with van der Waals surface area (Å²) < 4.78 is 0. The first-order valence-electron chi connectivity index (χ1n) is 5.03. The fourth-order valence-corrected chi connectivity index (χ4v) is 2.02. The number of nitro benzene ring substituents is 1. The lowest BCUT2D eigenvalue weighted by molar-refractivity contribution is -0.384. The van der Waals surface area contributed by atoms with Gasteiger partial charge in [-0.3, -0.25) is 10.1 Å². The summed E-state index contributed by atoms with van der Waals surface area (Å²) in [6.45, 7) is 2.39. The lowest BCUT2D eigenvalue weighted by Crippen LogP contribution is -2.03. The molecule has 0 unspecified atom stereocenters. The number of aryl methyl sites for hydroxylation is 1. The Labute approximate surface area is 102 Å². The van der Waals surface area contributed by atoms with Crippen LogP contribution in [-0.4, -0.2) is 9.91 Å². The molecule has 1 aromatic heterocycles. The maximum absolute atomic E-state index is 10.8. The van der Waals surface area contributed by atoms with Crippen LogP contribution in [0.2, 0.25) is 0 Å². The molecular weight excluding hydrogens is 238 g/mol. The van der Waals surface area contributed by atoms with Gasteiger partial charge >= 0.3 is 0 Å². The second kappa shape index (κ2) is 4.92. The van der Waals surface area contributed by atoms with Crippen molar-refractivity contribution in [3.8, 4) is 0 Å². The van der Waals surface area contributed by atoms with Gasteiger partial charge < -0.3 is 5.32 Å². The Hall–Kier alpha value is -1.95. The van der Waals surface area contributed by atoms with E-state index in [0.717, 1.165) is 11.3 Å². The van der Waals surface area contributed by atoms with Gasteiger partial charge in [-0.25, -0.2) is 4.98 Å². The molecule has 1 heterocycles.